The molecule has 3 aliphatic rings. The summed E-state index contributed by atoms with van der Waals surface area (Å²) < 4.78 is 26.2. The molecule has 6 rings (SSSR count). The highest BCUT2D eigenvalue weighted by atomic mass is 32.2. The van der Waals surface area contributed by atoms with E-state index in [1.54, 1.807) is 6.07 Å². The third-order valence-corrected chi connectivity index (χ3v) is 8.95. The molecule has 9 nitrogen and oxygen atoms in total. The predicted molar refractivity (Wildman–Crippen MR) is 148 cm³/mol. The van der Waals surface area contributed by atoms with Crippen molar-refractivity contribution in [3.8, 4) is 22.8 Å². The number of aliphatic hydroxyl groups is 1. The summed E-state index contributed by atoms with van der Waals surface area (Å²) in [5, 5.41) is 12.6. The Morgan fingerprint density at radius 3 is 2.61 bits per heavy atom. The normalized spacial score (nSPS) is 20.3. The molecule has 0 radical (unpaired) electrons. The summed E-state index contributed by atoms with van der Waals surface area (Å²) in [5.74, 6) is 1.80. The Kier molecular flexibility index (Phi) is 7.49. The van der Waals surface area contributed by atoms with Crippen molar-refractivity contribution < 1.29 is 31.9 Å². The van der Waals surface area contributed by atoms with E-state index >= 15 is 0 Å². The lowest BCUT2D eigenvalue weighted by molar-refractivity contribution is -0.118. The van der Waals surface area contributed by atoms with Crippen LogP contribution >= 0.6 is 0 Å². The van der Waals surface area contributed by atoms with Crippen molar-refractivity contribution in [3.63, 3.8) is 0 Å². The minimum absolute atomic E-state index is 0. The largest absolute Gasteiger partial charge is 0.486 e. The Morgan fingerprint density at radius 1 is 1.11 bits per heavy atom. The van der Waals surface area contributed by atoms with E-state index in [1.165, 1.54) is 0 Å². The van der Waals surface area contributed by atoms with Gasteiger partial charge < -0.3 is 25.4 Å². The first kappa shape index (κ1) is 26.3. The second-order valence-corrected chi connectivity index (χ2v) is 11.1. The van der Waals surface area contributed by atoms with Crippen molar-refractivity contribution in [2.24, 2.45) is 0 Å². The molecule has 10 heteroatoms. The van der Waals surface area contributed by atoms with E-state index in [9.17, 15) is 14.1 Å². The Hall–Kier alpha value is -3.31. The molecular formula is C28H35N3O6S. The zero-order chi connectivity index (χ0) is 25.4. The lowest BCUT2D eigenvalue weighted by atomic mass is 9.94. The van der Waals surface area contributed by atoms with Crippen LogP contribution in [0, 0.1) is 0 Å². The summed E-state index contributed by atoms with van der Waals surface area (Å²) >= 11 is 0. The van der Waals surface area contributed by atoms with Gasteiger partial charge in [0.25, 0.3) is 0 Å². The van der Waals surface area contributed by atoms with Gasteiger partial charge in [-0.25, -0.2) is 13.5 Å². The van der Waals surface area contributed by atoms with Crippen molar-refractivity contribution in [1.29, 1.82) is 0 Å². The number of hydrogen-bond acceptors (Lipinski definition) is 6. The molecule has 1 aliphatic carbocycles. The highest BCUT2D eigenvalue weighted by Gasteiger charge is 2.51. The second kappa shape index (κ2) is 10.8. The zero-order valence-electron chi connectivity index (χ0n) is 20.9. The fourth-order valence-corrected chi connectivity index (χ4v) is 6.48. The van der Waals surface area contributed by atoms with Gasteiger partial charge in [0, 0.05) is 21.0 Å². The van der Waals surface area contributed by atoms with E-state index in [0.29, 0.717) is 41.1 Å². The first-order valence-corrected chi connectivity index (χ1v) is 13.8. The molecule has 2 aliphatic heterocycles. The number of nitrogens with one attached hydrogen (secondary N) is 1. The molecule has 2 fully saturated rings. The van der Waals surface area contributed by atoms with Gasteiger partial charge in [-0.3, -0.25) is 4.79 Å². The summed E-state index contributed by atoms with van der Waals surface area (Å²) in [6.07, 6.45) is 3.34. The van der Waals surface area contributed by atoms with Gasteiger partial charge in [-0.15, -0.1) is 0 Å². The predicted octanol–water partition coefficient (Wildman–Crippen LogP) is 3.34. The molecule has 3 heterocycles. The Labute approximate surface area is 226 Å². The van der Waals surface area contributed by atoms with Crippen LogP contribution in [0.3, 0.4) is 0 Å². The second-order valence-electron chi connectivity index (χ2n) is 9.70. The number of fused-ring (bicyclic) bond motifs is 1. The molecule has 4 N–H and O–H groups in total. The Bertz CT molecular complexity index is 1360. The van der Waals surface area contributed by atoms with Crippen molar-refractivity contribution >= 4 is 22.7 Å². The number of pyridine rings is 1. The van der Waals surface area contributed by atoms with E-state index in [4.69, 9.17) is 9.47 Å². The van der Waals surface area contributed by atoms with Gasteiger partial charge in [-0.2, -0.15) is 0 Å². The Morgan fingerprint density at radius 2 is 1.87 bits per heavy atom. The van der Waals surface area contributed by atoms with Gasteiger partial charge in [-0.05, 0) is 67.6 Å². The molecule has 1 saturated heterocycles. The number of carbonyl (C=O) groups is 1. The van der Waals surface area contributed by atoms with Crippen LogP contribution in [0.15, 0.2) is 65.6 Å². The van der Waals surface area contributed by atoms with Crippen LogP contribution in [-0.2, 0) is 21.2 Å². The van der Waals surface area contributed by atoms with E-state index in [2.05, 4.69) is 10.3 Å². The first-order chi connectivity index (χ1) is 18.1. The van der Waals surface area contributed by atoms with Crippen LogP contribution in [-0.4, -0.2) is 62.4 Å². The molecule has 38 heavy (non-hydrogen) atoms. The minimum Gasteiger partial charge on any atom is -0.486 e. The van der Waals surface area contributed by atoms with E-state index in [1.807, 2.05) is 58.9 Å². The summed E-state index contributed by atoms with van der Waals surface area (Å²) in [6.45, 7) is 1.77. The number of aromatic nitrogens is 1. The monoisotopic (exact) mass is 541 g/mol. The van der Waals surface area contributed by atoms with E-state index < -0.39 is 16.4 Å². The van der Waals surface area contributed by atoms with Crippen molar-refractivity contribution in [2.45, 2.75) is 42.0 Å². The van der Waals surface area contributed by atoms with Crippen LogP contribution in [0.2, 0.25) is 0 Å². The lowest BCUT2D eigenvalue weighted by Crippen LogP contribution is -2.33. The molecule has 3 aromatic rings. The molecule has 1 amide bonds. The van der Waals surface area contributed by atoms with Crippen LogP contribution in [0.25, 0.3) is 11.3 Å². The molecule has 1 unspecified atom stereocenters. The van der Waals surface area contributed by atoms with Gasteiger partial charge in [0.2, 0.25) is 5.91 Å². The van der Waals surface area contributed by atoms with Gasteiger partial charge in [0.15, 0.2) is 11.5 Å². The number of rotatable bonds is 7. The SMILES string of the molecule is O.O=C(Nc1cccc(-c2ccc(S(=O)N3CCC[C@@H]3CO)cc2)n1)C1(c2ccc3c(c2)OCCO3)CC1.[HH].[HH]. The standard InChI is InChI=1S/C28H29N3O5S.H2O.2H2/c32-18-21-3-2-14-31(21)37(34)22-9-6-19(7-10-22)23-4-1-5-26(29-23)30-27(33)28(12-13-28)20-8-11-24-25(17-20)36-16-15-35-24;;;/h1,4-11,17,21,32H,2-3,12-16,18H2,(H,29,30,33);1H2;2*1H/t21-,37?;;;/m1.../s1. The van der Waals surface area contributed by atoms with Crippen LogP contribution in [0.5, 0.6) is 11.5 Å². The number of nitrogens with zero attached hydrogens (tertiary/aromatic N) is 2. The number of amides is 1. The smallest absolute Gasteiger partial charge is 0.236 e. The van der Waals surface area contributed by atoms with Gasteiger partial charge in [0.05, 0.1) is 22.6 Å². The zero-order valence-corrected chi connectivity index (χ0v) is 21.7. The van der Waals surface area contributed by atoms with Crippen molar-refractivity contribution in [1.82, 2.24) is 9.29 Å². The fraction of sp³-hybridized carbons (Fsp3) is 0.357. The Balaban J connectivity index is 0.00000147. The average molecular weight is 542 g/mol. The van der Waals surface area contributed by atoms with Gasteiger partial charge >= 0.3 is 0 Å². The maximum Gasteiger partial charge on any atom is 0.236 e. The number of benzene rings is 2. The molecule has 0 bridgehead atoms. The van der Waals surface area contributed by atoms with Crippen LogP contribution < -0.4 is 14.8 Å². The van der Waals surface area contributed by atoms with Crippen molar-refractivity contribution in [2.75, 3.05) is 31.7 Å². The summed E-state index contributed by atoms with van der Waals surface area (Å²) in [4.78, 5) is 18.7. The number of anilines is 1. The molecule has 0 spiro atoms. The average Bonchev–Trinajstić information content (AvgIpc) is 3.63. The number of carbonyl (C=O) groups excluding carboxylic acids is 1. The van der Waals surface area contributed by atoms with Gasteiger partial charge in [-0.1, -0.05) is 24.3 Å². The molecule has 204 valence electrons. The highest BCUT2D eigenvalue weighted by molar-refractivity contribution is 7.82. The minimum atomic E-state index is -1.31. The summed E-state index contributed by atoms with van der Waals surface area (Å²) in [6, 6.07) is 18.7. The maximum atomic E-state index is 13.3. The molecular weight excluding hydrogens is 506 g/mol. The number of hydrogen-bond donors (Lipinski definition) is 2. The van der Waals surface area contributed by atoms with E-state index in [-0.39, 0.29) is 26.9 Å². The van der Waals surface area contributed by atoms with E-state index in [0.717, 1.165) is 43.4 Å². The summed E-state index contributed by atoms with van der Waals surface area (Å²) in [5.41, 5.74) is 1.93. The van der Waals surface area contributed by atoms with Crippen LogP contribution in [0.1, 0.15) is 34.1 Å². The third kappa shape index (κ3) is 4.92. The first-order valence-electron chi connectivity index (χ1n) is 12.7. The number of ether oxygens (including phenoxy) is 2. The summed E-state index contributed by atoms with van der Waals surface area (Å²) in [7, 11) is -1.31. The van der Waals surface area contributed by atoms with Crippen molar-refractivity contribution in [3.05, 3.63) is 66.2 Å². The molecule has 2 atom stereocenters. The molecule has 1 saturated carbocycles. The topological polar surface area (TPSA) is 132 Å². The molecule has 1 aromatic heterocycles. The van der Waals surface area contributed by atoms with Gasteiger partial charge in [0.1, 0.15) is 30.0 Å². The molecule has 2 aromatic carbocycles. The fourth-order valence-electron chi connectivity index (χ4n) is 5.10. The highest BCUT2D eigenvalue weighted by Crippen LogP contribution is 2.50. The number of aliphatic hydroxyl groups excluding tert-OH is 1. The maximum absolute atomic E-state index is 13.3. The quantitative estimate of drug-likeness (QED) is 0.472. The third-order valence-electron chi connectivity index (χ3n) is 7.37. The lowest BCUT2D eigenvalue weighted by Gasteiger charge is -2.21. The van der Waals surface area contributed by atoms with Crippen LogP contribution in [0.4, 0.5) is 5.82 Å².